The monoisotopic (exact) mass is 286 g/mol. The van der Waals surface area contributed by atoms with Gasteiger partial charge in [-0.25, -0.2) is 4.79 Å². The summed E-state index contributed by atoms with van der Waals surface area (Å²) in [7, 11) is 0. The molecule has 0 spiro atoms. The van der Waals surface area contributed by atoms with Gasteiger partial charge < -0.3 is 9.72 Å². The molecule has 108 valence electrons. The van der Waals surface area contributed by atoms with Gasteiger partial charge in [-0.1, -0.05) is 0 Å². The maximum absolute atomic E-state index is 12.7. The van der Waals surface area contributed by atoms with Gasteiger partial charge in [0.15, 0.2) is 0 Å². The number of imidazole rings is 1. The number of hydrogen-bond donors (Lipinski definition) is 1. The van der Waals surface area contributed by atoms with E-state index in [-0.39, 0.29) is 17.1 Å². The molecule has 4 nitrogen and oxygen atoms in total. The highest BCUT2D eigenvalue weighted by atomic mass is 19.4. The minimum Gasteiger partial charge on any atom is -0.381 e. The highest BCUT2D eigenvalue weighted by Gasteiger charge is 2.31. The quantitative estimate of drug-likeness (QED) is 0.921. The molecular formula is C13H13F3N2O2. The average Bonchev–Trinajstić information content (AvgIpc) is 2.97. The number of ether oxygens (including phenoxy) is 1. The van der Waals surface area contributed by atoms with E-state index in [0.29, 0.717) is 25.3 Å². The van der Waals surface area contributed by atoms with Crippen molar-refractivity contribution < 1.29 is 17.9 Å². The standard InChI is InChI=1S/C13H13F3N2O2/c14-13(15,16)9-1-2-10-11(5-9)18(12(19)17-10)6-8-3-4-20-7-8/h1-2,5,8H,3-4,6-7H2,(H,17,19). The fourth-order valence-electron chi connectivity index (χ4n) is 2.50. The van der Waals surface area contributed by atoms with Crippen LogP contribution >= 0.6 is 0 Å². The number of aromatic amines is 1. The van der Waals surface area contributed by atoms with Crippen molar-refractivity contribution in [2.75, 3.05) is 13.2 Å². The molecule has 1 aromatic heterocycles. The number of benzene rings is 1. The minimum atomic E-state index is -4.41. The summed E-state index contributed by atoms with van der Waals surface area (Å²) in [4.78, 5) is 14.5. The third-order valence-corrected chi connectivity index (χ3v) is 3.57. The first-order valence-electron chi connectivity index (χ1n) is 6.32. The van der Waals surface area contributed by atoms with Crippen molar-refractivity contribution >= 4 is 11.0 Å². The number of rotatable bonds is 2. The summed E-state index contributed by atoms with van der Waals surface area (Å²) < 4.78 is 44.8. The van der Waals surface area contributed by atoms with E-state index in [0.717, 1.165) is 18.6 Å². The first kappa shape index (κ1) is 13.2. The molecule has 0 amide bonds. The zero-order valence-electron chi connectivity index (χ0n) is 10.5. The predicted octanol–water partition coefficient (Wildman–Crippen LogP) is 2.38. The maximum atomic E-state index is 12.7. The highest BCUT2D eigenvalue weighted by Crippen LogP contribution is 2.31. The van der Waals surface area contributed by atoms with Crippen LogP contribution in [0, 0.1) is 5.92 Å². The van der Waals surface area contributed by atoms with Crippen LogP contribution in [-0.4, -0.2) is 22.8 Å². The van der Waals surface area contributed by atoms with Gasteiger partial charge in [0.25, 0.3) is 0 Å². The van der Waals surface area contributed by atoms with Crippen LogP contribution in [0.25, 0.3) is 11.0 Å². The first-order valence-corrected chi connectivity index (χ1v) is 6.32. The SMILES string of the molecule is O=c1[nH]c2ccc(C(F)(F)F)cc2n1CC1CCOC1. The van der Waals surface area contributed by atoms with Gasteiger partial charge in [-0.3, -0.25) is 4.57 Å². The lowest BCUT2D eigenvalue weighted by atomic mass is 10.1. The molecule has 1 saturated heterocycles. The van der Waals surface area contributed by atoms with Crippen LogP contribution in [0.1, 0.15) is 12.0 Å². The Labute approximate surface area is 112 Å². The van der Waals surface area contributed by atoms with Gasteiger partial charge in [0.05, 0.1) is 23.2 Å². The number of hydrogen-bond acceptors (Lipinski definition) is 2. The second-order valence-electron chi connectivity index (χ2n) is 5.00. The molecule has 1 atom stereocenters. The third-order valence-electron chi connectivity index (χ3n) is 3.57. The van der Waals surface area contributed by atoms with Gasteiger partial charge in [-0.05, 0) is 24.6 Å². The van der Waals surface area contributed by atoms with Crippen molar-refractivity contribution in [2.45, 2.75) is 19.1 Å². The van der Waals surface area contributed by atoms with Gasteiger partial charge in [0, 0.05) is 19.1 Å². The van der Waals surface area contributed by atoms with Crippen LogP contribution < -0.4 is 5.69 Å². The number of halogens is 3. The van der Waals surface area contributed by atoms with Crippen LogP contribution in [0.15, 0.2) is 23.0 Å². The zero-order chi connectivity index (χ0) is 14.3. The number of nitrogens with one attached hydrogen (secondary N) is 1. The average molecular weight is 286 g/mol. The predicted molar refractivity (Wildman–Crippen MR) is 66.5 cm³/mol. The van der Waals surface area contributed by atoms with E-state index >= 15 is 0 Å². The molecule has 1 aromatic carbocycles. The molecule has 20 heavy (non-hydrogen) atoms. The summed E-state index contributed by atoms with van der Waals surface area (Å²) in [6.45, 7) is 1.55. The van der Waals surface area contributed by atoms with Crippen molar-refractivity contribution in [1.82, 2.24) is 9.55 Å². The third kappa shape index (κ3) is 2.33. The van der Waals surface area contributed by atoms with Gasteiger partial charge in [0.1, 0.15) is 0 Å². The Hall–Kier alpha value is -1.76. The van der Waals surface area contributed by atoms with E-state index < -0.39 is 11.7 Å². The van der Waals surface area contributed by atoms with E-state index in [2.05, 4.69) is 4.98 Å². The second kappa shape index (κ2) is 4.66. The lowest BCUT2D eigenvalue weighted by Gasteiger charge is -2.10. The smallest absolute Gasteiger partial charge is 0.381 e. The topological polar surface area (TPSA) is 47.0 Å². The Morgan fingerprint density at radius 1 is 1.40 bits per heavy atom. The number of nitrogens with zero attached hydrogens (tertiary/aromatic N) is 1. The number of H-pyrrole nitrogens is 1. The van der Waals surface area contributed by atoms with Gasteiger partial charge in [0.2, 0.25) is 0 Å². The Balaban J connectivity index is 2.05. The molecule has 1 aliphatic heterocycles. The molecule has 1 unspecified atom stereocenters. The van der Waals surface area contributed by atoms with Crippen LogP contribution in [0.4, 0.5) is 13.2 Å². The molecule has 2 heterocycles. The van der Waals surface area contributed by atoms with Gasteiger partial charge in [-0.15, -0.1) is 0 Å². The fraction of sp³-hybridized carbons (Fsp3) is 0.462. The molecule has 1 N–H and O–H groups in total. The van der Waals surface area contributed by atoms with E-state index in [1.165, 1.54) is 10.6 Å². The molecule has 0 saturated carbocycles. The maximum Gasteiger partial charge on any atom is 0.416 e. The molecule has 0 bridgehead atoms. The lowest BCUT2D eigenvalue weighted by molar-refractivity contribution is -0.137. The van der Waals surface area contributed by atoms with Crippen molar-refractivity contribution in [1.29, 1.82) is 0 Å². The van der Waals surface area contributed by atoms with Crippen molar-refractivity contribution in [3.05, 3.63) is 34.2 Å². The molecule has 7 heteroatoms. The van der Waals surface area contributed by atoms with Gasteiger partial charge >= 0.3 is 11.9 Å². The van der Waals surface area contributed by atoms with Crippen LogP contribution in [-0.2, 0) is 17.5 Å². The number of aromatic nitrogens is 2. The molecule has 0 radical (unpaired) electrons. The van der Waals surface area contributed by atoms with Crippen molar-refractivity contribution in [2.24, 2.45) is 5.92 Å². The second-order valence-corrected chi connectivity index (χ2v) is 5.00. The van der Waals surface area contributed by atoms with E-state index in [1.54, 1.807) is 0 Å². The van der Waals surface area contributed by atoms with Crippen molar-refractivity contribution in [3.8, 4) is 0 Å². The zero-order valence-corrected chi connectivity index (χ0v) is 10.5. The minimum absolute atomic E-state index is 0.168. The summed E-state index contributed by atoms with van der Waals surface area (Å²) in [5, 5.41) is 0. The molecule has 1 fully saturated rings. The Morgan fingerprint density at radius 2 is 2.20 bits per heavy atom. The van der Waals surface area contributed by atoms with Crippen LogP contribution in [0.2, 0.25) is 0 Å². The van der Waals surface area contributed by atoms with E-state index in [9.17, 15) is 18.0 Å². The highest BCUT2D eigenvalue weighted by molar-refractivity contribution is 5.76. The molecular weight excluding hydrogens is 273 g/mol. The van der Waals surface area contributed by atoms with E-state index in [4.69, 9.17) is 4.74 Å². The molecule has 2 aromatic rings. The summed E-state index contributed by atoms with van der Waals surface area (Å²) >= 11 is 0. The summed E-state index contributed by atoms with van der Waals surface area (Å²) in [6, 6.07) is 3.28. The number of alkyl halides is 3. The molecule has 1 aliphatic rings. The Kier molecular flexibility index (Phi) is 3.08. The first-order chi connectivity index (χ1) is 9.45. The van der Waals surface area contributed by atoms with Crippen LogP contribution in [0.3, 0.4) is 0 Å². The van der Waals surface area contributed by atoms with Crippen LogP contribution in [0.5, 0.6) is 0 Å². The fourth-order valence-corrected chi connectivity index (χ4v) is 2.50. The van der Waals surface area contributed by atoms with E-state index in [1.807, 2.05) is 0 Å². The Bertz CT molecular complexity index is 681. The normalized spacial score (nSPS) is 19.9. The largest absolute Gasteiger partial charge is 0.416 e. The lowest BCUT2D eigenvalue weighted by Crippen LogP contribution is -2.21. The molecule has 0 aliphatic carbocycles. The summed E-state index contributed by atoms with van der Waals surface area (Å²) in [5.74, 6) is 0.168. The molecule has 3 rings (SSSR count). The summed E-state index contributed by atoms with van der Waals surface area (Å²) in [5.41, 5.74) is -0.426. The van der Waals surface area contributed by atoms with Crippen molar-refractivity contribution in [3.63, 3.8) is 0 Å². The van der Waals surface area contributed by atoms with Gasteiger partial charge in [-0.2, -0.15) is 13.2 Å². The number of fused-ring (bicyclic) bond motifs is 1. The Morgan fingerprint density at radius 3 is 2.85 bits per heavy atom. The summed E-state index contributed by atoms with van der Waals surface area (Å²) in [6.07, 6.45) is -3.60.